The van der Waals surface area contributed by atoms with Crippen molar-refractivity contribution in [2.24, 2.45) is 0 Å². The first-order chi connectivity index (χ1) is 12.2. The standard InChI is InChI=1S/C19H24N6/c1-12-18(13(2)25(23-12)16-3-4-16)15-9-21-19-17(10-22-24(19)11-15)14-5-7-20-8-6-14/h9-11,14,16,20H,3-8H2,1-2H3. The second-order valence-electron chi connectivity index (χ2n) is 7.46. The highest BCUT2D eigenvalue weighted by Crippen LogP contribution is 2.38. The molecule has 6 heteroatoms. The zero-order valence-corrected chi connectivity index (χ0v) is 14.9. The lowest BCUT2D eigenvalue weighted by Crippen LogP contribution is -2.26. The summed E-state index contributed by atoms with van der Waals surface area (Å²) >= 11 is 0. The molecule has 0 unspecified atom stereocenters. The second kappa shape index (κ2) is 5.66. The molecule has 5 rings (SSSR count). The molecular formula is C19H24N6. The number of aromatic nitrogens is 5. The van der Waals surface area contributed by atoms with E-state index in [1.54, 1.807) is 0 Å². The van der Waals surface area contributed by atoms with Crippen molar-refractivity contribution >= 4 is 5.65 Å². The molecule has 1 saturated heterocycles. The molecule has 1 aliphatic carbocycles. The number of nitrogens with one attached hydrogen (secondary N) is 1. The second-order valence-corrected chi connectivity index (χ2v) is 7.46. The lowest BCUT2D eigenvalue weighted by atomic mass is 9.92. The number of fused-ring (bicyclic) bond motifs is 1. The molecule has 4 heterocycles. The van der Waals surface area contributed by atoms with E-state index in [0.717, 1.165) is 42.8 Å². The van der Waals surface area contributed by atoms with Gasteiger partial charge in [-0.15, -0.1) is 0 Å². The summed E-state index contributed by atoms with van der Waals surface area (Å²) in [6, 6.07) is 0.598. The molecule has 25 heavy (non-hydrogen) atoms. The molecular weight excluding hydrogens is 312 g/mol. The Labute approximate surface area is 147 Å². The Balaban J connectivity index is 1.55. The summed E-state index contributed by atoms with van der Waals surface area (Å²) in [5.41, 5.74) is 6.92. The van der Waals surface area contributed by atoms with Gasteiger partial charge in [-0.3, -0.25) is 4.68 Å². The van der Waals surface area contributed by atoms with Crippen LogP contribution in [0.25, 0.3) is 16.8 Å². The number of hydrogen-bond acceptors (Lipinski definition) is 4. The van der Waals surface area contributed by atoms with Gasteiger partial charge in [-0.05, 0) is 58.5 Å². The van der Waals surface area contributed by atoms with Crippen LogP contribution in [0, 0.1) is 13.8 Å². The van der Waals surface area contributed by atoms with Crippen molar-refractivity contribution in [1.29, 1.82) is 0 Å². The van der Waals surface area contributed by atoms with Gasteiger partial charge in [-0.2, -0.15) is 10.2 Å². The number of rotatable bonds is 3. The minimum atomic E-state index is 0.568. The van der Waals surface area contributed by atoms with Crippen LogP contribution >= 0.6 is 0 Å². The summed E-state index contributed by atoms with van der Waals surface area (Å²) in [6.45, 7) is 6.42. The van der Waals surface area contributed by atoms with E-state index >= 15 is 0 Å². The lowest BCUT2D eigenvalue weighted by Gasteiger charge is -2.21. The maximum absolute atomic E-state index is 4.79. The molecule has 0 bridgehead atoms. The predicted octanol–water partition coefficient (Wildman–Crippen LogP) is 3.01. The van der Waals surface area contributed by atoms with Crippen LogP contribution < -0.4 is 5.32 Å². The Kier molecular flexibility index (Phi) is 3.41. The lowest BCUT2D eigenvalue weighted by molar-refractivity contribution is 0.462. The van der Waals surface area contributed by atoms with Crippen LogP contribution in [-0.4, -0.2) is 37.5 Å². The van der Waals surface area contributed by atoms with Crippen LogP contribution in [0.5, 0.6) is 0 Å². The molecule has 130 valence electrons. The van der Waals surface area contributed by atoms with Gasteiger partial charge in [0.2, 0.25) is 0 Å². The highest BCUT2D eigenvalue weighted by atomic mass is 15.3. The molecule has 0 spiro atoms. The third-order valence-electron chi connectivity index (χ3n) is 5.67. The summed E-state index contributed by atoms with van der Waals surface area (Å²) in [5.74, 6) is 0.568. The molecule has 1 saturated carbocycles. The number of piperidine rings is 1. The first-order valence-electron chi connectivity index (χ1n) is 9.32. The van der Waals surface area contributed by atoms with Gasteiger partial charge >= 0.3 is 0 Å². The van der Waals surface area contributed by atoms with Crippen LogP contribution in [0.3, 0.4) is 0 Å². The Morgan fingerprint density at radius 1 is 1.08 bits per heavy atom. The Hall–Kier alpha value is -2.21. The maximum atomic E-state index is 4.79. The first-order valence-corrected chi connectivity index (χ1v) is 9.32. The van der Waals surface area contributed by atoms with Crippen LogP contribution in [-0.2, 0) is 0 Å². The molecule has 1 aliphatic heterocycles. The Morgan fingerprint density at radius 3 is 2.64 bits per heavy atom. The number of hydrogen-bond donors (Lipinski definition) is 1. The van der Waals surface area contributed by atoms with E-state index < -0.39 is 0 Å². The predicted molar refractivity (Wildman–Crippen MR) is 96.8 cm³/mol. The van der Waals surface area contributed by atoms with E-state index in [4.69, 9.17) is 10.1 Å². The zero-order valence-electron chi connectivity index (χ0n) is 14.9. The molecule has 0 atom stereocenters. The highest BCUT2D eigenvalue weighted by Gasteiger charge is 2.28. The van der Waals surface area contributed by atoms with Crippen LogP contribution in [0.1, 0.15) is 54.6 Å². The minimum Gasteiger partial charge on any atom is -0.317 e. The average Bonchev–Trinajstić information content (AvgIpc) is 3.32. The third kappa shape index (κ3) is 2.47. The summed E-state index contributed by atoms with van der Waals surface area (Å²) in [5, 5.41) is 12.8. The fourth-order valence-corrected chi connectivity index (χ4v) is 4.20. The van der Waals surface area contributed by atoms with E-state index in [1.165, 1.54) is 29.7 Å². The van der Waals surface area contributed by atoms with Gasteiger partial charge in [0.15, 0.2) is 5.65 Å². The molecule has 0 radical (unpaired) electrons. The van der Waals surface area contributed by atoms with Crippen LogP contribution in [0.4, 0.5) is 0 Å². The third-order valence-corrected chi connectivity index (χ3v) is 5.67. The van der Waals surface area contributed by atoms with Crippen molar-refractivity contribution < 1.29 is 0 Å². The van der Waals surface area contributed by atoms with Gasteiger partial charge in [0, 0.05) is 34.8 Å². The van der Waals surface area contributed by atoms with Crippen molar-refractivity contribution in [2.45, 2.75) is 51.5 Å². The molecule has 0 amide bonds. The van der Waals surface area contributed by atoms with Crippen molar-refractivity contribution in [3.05, 3.63) is 35.5 Å². The molecule has 2 aliphatic rings. The summed E-state index contributed by atoms with van der Waals surface area (Å²) < 4.78 is 4.14. The monoisotopic (exact) mass is 336 g/mol. The summed E-state index contributed by atoms with van der Waals surface area (Å²) in [4.78, 5) is 4.79. The fourth-order valence-electron chi connectivity index (χ4n) is 4.20. The number of nitrogens with zero attached hydrogens (tertiary/aromatic N) is 5. The van der Waals surface area contributed by atoms with Gasteiger partial charge in [0.25, 0.3) is 0 Å². The van der Waals surface area contributed by atoms with E-state index in [-0.39, 0.29) is 0 Å². The average molecular weight is 336 g/mol. The van der Waals surface area contributed by atoms with Gasteiger partial charge < -0.3 is 5.32 Å². The first kappa shape index (κ1) is 15.1. The van der Waals surface area contributed by atoms with E-state index in [1.807, 2.05) is 16.9 Å². The Morgan fingerprint density at radius 2 is 1.88 bits per heavy atom. The van der Waals surface area contributed by atoms with Crippen molar-refractivity contribution in [2.75, 3.05) is 13.1 Å². The number of aryl methyl sites for hydroxylation is 1. The van der Waals surface area contributed by atoms with Gasteiger partial charge in [0.05, 0.1) is 17.9 Å². The molecule has 1 N–H and O–H groups in total. The molecule has 2 fully saturated rings. The normalized spacial score (nSPS) is 19.0. The van der Waals surface area contributed by atoms with Gasteiger partial charge in [0.1, 0.15) is 0 Å². The van der Waals surface area contributed by atoms with Crippen LogP contribution in [0.2, 0.25) is 0 Å². The minimum absolute atomic E-state index is 0.568. The quantitative estimate of drug-likeness (QED) is 0.799. The highest BCUT2D eigenvalue weighted by molar-refractivity contribution is 5.68. The fraction of sp³-hybridized carbons (Fsp3) is 0.526. The Bertz CT molecular complexity index is 927. The van der Waals surface area contributed by atoms with Gasteiger partial charge in [-0.25, -0.2) is 9.50 Å². The van der Waals surface area contributed by atoms with E-state index in [0.29, 0.717) is 12.0 Å². The van der Waals surface area contributed by atoms with Crippen molar-refractivity contribution in [3.63, 3.8) is 0 Å². The maximum Gasteiger partial charge on any atom is 0.158 e. The summed E-state index contributed by atoms with van der Waals surface area (Å²) in [6.07, 6.45) is 10.9. The van der Waals surface area contributed by atoms with Crippen molar-refractivity contribution in [3.8, 4) is 11.1 Å². The largest absolute Gasteiger partial charge is 0.317 e. The van der Waals surface area contributed by atoms with Crippen molar-refractivity contribution in [1.82, 2.24) is 29.7 Å². The zero-order chi connectivity index (χ0) is 17.0. The van der Waals surface area contributed by atoms with Crippen LogP contribution in [0.15, 0.2) is 18.6 Å². The smallest absolute Gasteiger partial charge is 0.158 e. The molecule has 3 aromatic rings. The molecule has 0 aromatic carbocycles. The molecule has 3 aromatic heterocycles. The van der Waals surface area contributed by atoms with E-state index in [2.05, 4.69) is 35.1 Å². The topological polar surface area (TPSA) is 60.0 Å². The summed E-state index contributed by atoms with van der Waals surface area (Å²) in [7, 11) is 0. The SMILES string of the molecule is Cc1nn(C2CC2)c(C)c1-c1cnc2c(C3CCNCC3)cnn2c1. The van der Waals surface area contributed by atoms with E-state index in [9.17, 15) is 0 Å². The molecule has 6 nitrogen and oxygen atoms in total. The van der Waals surface area contributed by atoms with Gasteiger partial charge in [-0.1, -0.05) is 0 Å².